The van der Waals surface area contributed by atoms with Gasteiger partial charge in [0.05, 0.1) is 13.2 Å². The lowest BCUT2D eigenvalue weighted by atomic mass is 9.82. The van der Waals surface area contributed by atoms with Gasteiger partial charge in [-0.25, -0.2) is 0 Å². The van der Waals surface area contributed by atoms with Gasteiger partial charge in [-0.15, -0.1) is 0 Å². The SMILES string of the molecule is Nc1cc(N2CCN(CCN3CCOCC3)CC2)nc(NCC2CCC(CNCCCNC3Cc4ccccc4C3)CC2)n1. The maximum Gasteiger partial charge on any atom is 0.226 e. The summed E-state index contributed by atoms with van der Waals surface area (Å²) in [5.41, 5.74) is 9.28. The first-order valence-electron chi connectivity index (χ1n) is 17.3. The first kappa shape index (κ1) is 31.5. The van der Waals surface area contributed by atoms with Crippen LogP contribution >= 0.6 is 0 Å². The molecule has 2 aromatic rings. The molecule has 0 unspecified atom stereocenters. The van der Waals surface area contributed by atoms with Crippen LogP contribution < -0.4 is 26.6 Å². The number of nitrogen functional groups attached to an aromatic ring is 1. The molecule has 242 valence electrons. The summed E-state index contributed by atoms with van der Waals surface area (Å²) in [5, 5.41) is 11.0. The normalized spacial score (nSPS) is 23.6. The molecule has 0 atom stereocenters. The number of nitrogens with zero attached hydrogens (tertiary/aromatic N) is 5. The Bertz CT molecular complexity index is 1120. The Morgan fingerprint density at radius 2 is 1.45 bits per heavy atom. The molecule has 0 radical (unpaired) electrons. The fourth-order valence-corrected chi connectivity index (χ4v) is 7.41. The Morgan fingerprint density at radius 1 is 0.795 bits per heavy atom. The van der Waals surface area contributed by atoms with Crippen LogP contribution in [0.5, 0.6) is 0 Å². The number of fused-ring (bicyclic) bond motifs is 1. The molecule has 6 rings (SSSR count). The third kappa shape index (κ3) is 9.26. The maximum absolute atomic E-state index is 6.22. The number of rotatable bonds is 14. The van der Waals surface area contributed by atoms with E-state index in [9.17, 15) is 0 Å². The Kier molecular flexibility index (Phi) is 11.6. The number of piperazine rings is 1. The standard InChI is InChI=1S/C34H55N9O/c35-32-24-33(43-16-14-41(15-17-43)12-13-42-18-20-44-21-19-42)40-34(39-32)38-26-28-8-6-27(7-9-28)25-36-10-3-11-37-31-22-29-4-1-2-5-30(29)23-31/h1-2,4-5,24,27-28,31,36-37H,3,6-23,25-26H2,(H3,35,38,39,40). The highest BCUT2D eigenvalue weighted by atomic mass is 16.5. The first-order chi connectivity index (χ1) is 21.7. The van der Waals surface area contributed by atoms with Crippen LogP contribution in [0.25, 0.3) is 0 Å². The second kappa shape index (κ2) is 16.2. The van der Waals surface area contributed by atoms with Crippen LogP contribution in [0.15, 0.2) is 30.3 Å². The molecule has 0 bridgehead atoms. The lowest BCUT2D eigenvalue weighted by Gasteiger charge is -2.37. The Balaban J connectivity index is 0.825. The number of ether oxygens (including phenoxy) is 1. The van der Waals surface area contributed by atoms with Crippen molar-refractivity contribution in [2.75, 3.05) is 108 Å². The van der Waals surface area contributed by atoms with Crippen LogP contribution in [0.2, 0.25) is 0 Å². The number of benzene rings is 1. The second-order valence-electron chi connectivity index (χ2n) is 13.4. The van der Waals surface area contributed by atoms with Crippen molar-refractivity contribution in [1.29, 1.82) is 0 Å². The predicted molar refractivity (Wildman–Crippen MR) is 179 cm³/mol. The minimum absolute atomic E-state index is 0.547. The number of morpholine rings is 1. The fourth-order valence-electron chi connectivity index (χ4n) is 7.41. The smallest absolute Gasteiger partial charge is 0.226 e. The highest BCUT2D eigenvalue weighted by molar-refractivity contribution is 5.52. The molecule has 2 aliphatic heterocycles. The summed E-state index contributed by atoms with van der Waals surface area (Å²) >= 11 is 0. The Hall–Kier alpha value is -2.50. The highest BCUT2D eigenvalue weighted by Crippen LogP contribution is 2.29. The van der Waals surface area contributed by atoms with Crippen LogP contribution in [-0.2, 0) is 17.6 Å². The monoisotopic (exact) mass is 605 g/mol. The number of aromatic nitrogens is 2. The maximum atomic E-state index is 6.22. The van der Waals surface area contributed by atoms with Gasteiger partial charge in [-0.1, -0.05) is 24.3 Å². The molecule has 44 heavy (non-hydrogen) atoms. The summed E-state index contributed by atoms with van der Waals surface area (Å²) in [5.74, 6) is 3.64. The Morgan fingerprint density at radius 3 is 2.16 bits per heavy atom. The van der Waals surface area contributed by atoms with Crippen molar-refractivity contribution in [1.82, 2.24) is 30.4 Å². The van der Waals surface area contributed by atoms with Crippen molar-refractivity contribution >= 4 is 17.6 Å². The zero-order valence-electron chi connectivity index (χ0n) is 26.7. The molecule has 2 aliphatic carbocycles. The molecule has 4 aliphatic rings. The van der Waals surface area contributed by atoms with Crippen LogP contribution in [0.1, 0.15) is 43.2 Å². The molecule has 1 aromatic carbocycles. The van der Waals surface area contributed by atoms with E-state index in [0.29, 0.717) is 23.7 Å². The van der Waals surface area contributed by atoms with Gasteiger partial charge in [0.2, 0.25) is 5.95 Å². The average molecular weight is 606 g/mol. The van der Waals surface area contributed by atoms with Gasteiger partial charge < -0.3 is 31.3 Å². The van der Waals surface area contributed by atoms with E-state index in [1.54, 1.807) is 0 Å². The molecule has 3 fully saturated rings. The van der Waals surface area contributed by atoms with Gasteiger partial charge in [0.25, 0.3) is 0 Å². The van der Waals surface area contributed by atoms with Crippen molar-refractivity contribution in [2.24, 2.45) is 11.8 Å². The summed E-state index contributed by atoms with van der Waals surface area (Å²) in [6.07, 6.45) is 8.70. The van der Waals surface area contributed by atoms with Crippen LogP contribution in [-0.4, -0.2) is 118 Å². The molecular weight excluding hydrogens is 550 g/mol. The molecule has 10 heteroatoms. The number of hydrogen-bond acceptors (Lipinski definition) is 10. The fraction of sp³-hybridized carbons (Fsp3) is 0.706. The molecule has 0 spiro atoms. The average Bonchev–Trinajstić information content (AvgIpc) is 3.48. The van der Waals surface area contributed by atoms with Crippen molar-refractivity contribution in [2.45, 2.75) is 51.0 Å². The van der Waals surface area contributed by atoms with E-state index in [-0.39, 0.29) is 0 Å². The second-order valence-corrected chi connectivity index (χ2v) is 13.4. The van der Waals surface area contributed by atoms with Gasteiger partial charge in [-0.2, -0.15) is 9.97 Å². The van der Waals surface area contributed by atoms with Gasteiger partial charge in [0.1, 0.15) is 11.6 Å². The zero-order chi connectivity index (χ0) is 30.0. The first-order valence-corrected chi connectivity index (χ1v) is 17.3. The number of hydrogen-bond donors (Lipinski definition) is 4. The Labute approximate surface area is 264 Å². The largest absolute Gasteiger partial charge is 0.383 e. The van der Waals surface area contributed by atoms with Crippen LogP contribution in [0, 0.1) is 11.8 Å². The van der Waals surface area contributed by atoms with Crippen LogP contribution in [0.3, 0.4) is 0 Å². The van der Waals surface area contributed by atoms with Crippen LogP contribution in [0.4, 0.5) is 17.6 Å². The number of anilines is 3. The lowest BCUT2D eigenvalue weighted by Crippen LogP contribution is -2.49. The number of nitrogens with two attached hydrogens (primary N) is 1. The predicted octanol–water partition coefficient (Wildman–Crippen LogP) is 2.47. The van der Waals surface area contributed by atoms with E-state index in [1.807, 2.05) is 6.07 Å². The summed E-state index contributed by atoms with van der Waals surface area (Å²) < 4.78 is 5.48. The van der Waals surface area contributed by atoms with Gasteiger partial charge in [-0.05, 0) is 87.5 Å². The number of nitrogens with one attached hydrogen (secondary N) is 3. The summed E-state index contributed by atoms with van der Waals surface area (Å²) in [4.78, 5) is 16.8. The molecule has 2 saturated heterocycles. The van der Waals surface area contributed by atoms with Gasteiger partial charge in [0.15, 0.2) is 0 Å². The van der Waals surface area contributed by atoms with Gasteiger partial charge in [-0.3, -0.25) is 9.80 Å². The van der Waals surface area contributed by atoms with Gasteiger partial charge >= 0.3 is 0 Å². The van der Waals surface area contributed by atoms with E-state index < -0.39 is 0 Å². The van der Waals surface area contributed by atoms with Crippen molar-refractivity contribution in [3.8, 4) is 0 Å². The highest BCUT2D eigenvalue weighted by Gasteiger charge is 2.23. The molecule has 0 amide bonds. The molecule has 10 nitrogen and oxygen atoms in total. The van der Waals surface area contributed by atoms with E-state index in [2.05, 4.69) is 59.9 Å². The lowest BCUT2D eigenvalue weighted by molar-refractivity contribution is 0.0331. The molecule has 3 heterocycles. The molecular formula is C34H55N9O. The third-order valence-corrected chi connectivity index (χ3v) is 10.2. The molecule has 5 N–H and O–H groups in total. The van der Waals surface area contributed by atoms with E-state index >= 15 is 0 Å². The summed E-state index contributed by atoms with van der Waals surface area (Å²) in [6.45, 7) is 14.5. The third-order valence-electron chi connectivity index (χ3n) is 10.2. The van der Waals surface area contributed by atoms with E-state index in [0.717, 1.165) is 103 Å². The van der Waals surface area contributed by atoms with Gasteiger partial charge in [0, 0.05) is 71.0 Å². The van der Waals surface area contributed by atoms with Crippen molar-refractivity contribution in [3.63, 3.8) is 0 Å². The minimum atomic E-state index is 0.547. The van der Waals surface area contributed by atoms with Crippen molar-refractivity contribution < 1.29 is 4.74 Å². The minimum Gasteiger partial charge on any atom is -0.383 e. The molecule has 1 saturated carbocycles. The van der Waals surface area contributed by atoms with E-state index in [1.165, 1.54) is 56.1 Å². The zero-order valence-corrected chi connectivity index (χ0v) is 26.7. The summed E-state index contributed by atoms with van der Waals surface area (Å²) in [6, 6.07) is 11.4. The topological polar surface area (TPSA) is 107 Å². The van der Waals surface area contributed by atoms with Crippen molar-refractivity contribution in [3.05, 3.63) is 41.5 Å². The quantitative estimate of drug-likeness (QED) is 0.240. The van der Waals surface area contributed by atoms with E-state index in [4.69, 9.17) is 15.5 Å². The molecule has 1 aromatic heterocycles. The summed E-state index contributed by atoms with van der Waals surface area (Å²) in [7, 11) is 0.